The van der Waals surface area contributed by atoms with E-state index < -0.39 is 0 Å². The van der Waals surface area contributed by atoms with Crippen LogP contribution in [-0.4, -0.2) is 12.6 Å². The molecule has 0 saturated heterocycles. The van der Waals surface area contributed by atoms with Gasteiger partial charge in [0.25, 0.3) is 0 Å². The van der Waals surface area contributed by atoms with Crippen molar-refractivity contribution < 1.29 is 4.74 Å². The fourth-order valence-electron chi connectivity index (χ4n) is 1.94. The Bertz CT molecular complexity index is 376. The number of nitrogens with zero attached hydrogens (tertiary/aromatic N) is 1. The lowest BCUT2D eigenvalue weighted by atomic mass is 10.1. The van der Waals surface area contributed by atoms with Crippen LogP contribution in [-0.2, 0) is 0 Å². The second-order valence-corrected chi connectivity index (χ2v) is 4.42. The quantitative estimate of drug-likeness (QED) is 0.801. The minimum atomic E-state index is 0.0981. The first-order chi connectivity index (χ1) is 8.71. The molecule has 18 heavy (non-hydrogen) atoms. The van der Waals surface area contributed by atoms with Crippen LogP contribution < -0.4 is 10.1 Å². The van der Waals surface area contributed by atoms with Gasteiger partial charge in [0.1, 0.15) is 11.8 Å². The smallest absolute Gasteiger partial charge is 0.174 e. The van der Waals surface area contributed by atoms with E-state index in [1.54, 1.807) is 0 Å². The van der Waals surface area contributed by atoms with Gasteiger partial charge in [0.05, 0.1) is 0 Å². The van der Waals surface area contributed by atoms with Crippen molar-refractivity contribution in [1.82, 2.24) is 5.32 Å². The summed E-state index contributed by atoms with van der Waals surface area (Å²) in [5.74, 6) is 0.745. The van der Waals surface area contributed by atoms with E-state index in [0.717, 1.165) is 18.6 Å². The van der Waals surface area contributed by atoms with Gasteiger partial charge in [-0.05, 0) is 37.5 Å². The first kappa shape index (κ1) is 14.5. The summed E-state index contributed by atoms with van der Waals surface area (Å²) in [4.78, 5) is 0. The van der Waals surface area contributed by atoms with Crippen molar-refractivity contribution in [3.8, 4) is 11.8 Å². The Balaban J connectivity index is 2.58. The number of rotatable bonds is 7. The Morgan fingerprint density at radius 1 is 1.22 bits per heavy atom. The predicted molar refractivity (Wildman–Crippen MR) is 73.5 cm³/mol. The standard InChI is InChI=1S/C15H22N2O/c1-4-14(5-2)17-12(3)13-6-8-15(9-7-13)18-11-10-16/h6-9,12,14,17H,4-5,11H2,1-3H3. The Morgan fingerprint density at radius 3 is 2.33 bits per heavy atom. The van der Waals surface area contributed by atoms with E-state index in [1.165, 1.54) is 5.56 Å². The van der Waals surface area contributed by atoms with Gasteiger partial charge in [-0.25, -0.2) is 0 Å². The van der Waals surface area contributed by atoms with Gasteiger partial charge in [-0.1, -0.05) is 26.0 Å². The molecule has 3 nitrogen and oxygen atoms in total. The molecule has 0 radical (unpaired) electrons. The van der Waals surface area contributed by atoms with Crippen LogP contribution in [0.5, 0.6) is 5.75 Å². The zero-order chi connectivity index (χ0) is 13.4. The third-order valence-electron chi connectivity index (χ3n) is 3.15. The highest BCUT2D eigenvalue weighted by molar-refractivity contribution is 5.29. The Morgan fingerprint density at radius 2 is 1.83 bits per heavy atom. The zero-order valence-corrected chi connectivity index (χ0v) is 11.4. The Labute approximate surface area is 110 Å². The molecule has 1 rings (SSSR count). The molecule has 98 valence electrons. The molecule has 0 aliphatic rings. The van der Waals surface area contributed by atoms with Gasteiger partial charge in [-0.15, -0.1) is 0 Å². The highest BCUT2D eigenvalue weighted by Gasteiger charge is 2.10. The molecule has 0 amide bonds. The predicted octanol–water partition coefficient (Wildman–Crippen LogP) is 3.43. The lowest BCUT2D eigenvalue weighted by Crippen LogP contribution is -2.30. The van der Waals surface area contributed by atoms with Crippen LogP contribution in [0.3, 0.4) is 0 Å². The number of benzene rings is 1. The molecule has 1 aromatic rings. The van der Waals surface area contributed by atoms with Gasteiger partial charge >= 0.3 is 0 Å². The maximum atomic E-state index is 8.44. The minimum Gasteiger partial charge on any atom is -0.479 e. The second-order valence-electron chi connectivity index (χ2n) is 4.42. The summed E-state index contributed by atoms with van der Waals surface area (Å²) in [6, 6.07) is 10.8. The monoisotopic (exact) mass is 246 g/mol. The van der Waals surface area contributed by atoms with Crippen molar-refractivity contribution in [2.75, 3.05) is 6.61 Å². The van der Waals surface area contributed by atoms with Crippen LogP contribution >= 0.6 is 0 Å². The number of nitrogens with one attached hydrogen (secondary N) is 1. The van der Waals surface area contributed by atoms with E-state index in [4.69, 9.17) is 10.00 Å². The second kappa shape index (κ2) is 7.73. The maximum Gasteiger partial charge on any atom is 0.174 e. The van der Waals surface area contributed by atoms with E-state index in [2.05, 4.69) is 26.1 Å². The van der Waals surface area contributed by atoms with Crippen LogP contribution in [0.4, 0.5) is 0 Å². The highest BCUT2D eigenvalue weighted by Crippen LogP contribution is 2.18. The summed E-state index contributed by atoms with van der Waals surface area (Å²) in [6.07, 6.45) is 2.29. The van der Waals surface area contributed by atoms with Crippen LogP contribution in [0.1, 0.15) is 45.2 Å². The van der Waals surface area contributed by atoms with Crippen molar-refractivity contribution in [2.45, 2.75) is 45.7 Å². The lowest BCUT2D eigenvalue weighted by molar-refractivity contribution is 0.367. The average Bonchev–Trinajstić information content (AvgIpc) is 2.42. The van der Waals surface area contributed by atoms with Crippen molar-refractivity contribution in [3.63, 3.8) is 0 Å². The molecule has 0 aliphatic carbocycles. The van der Waals surface area contributed by atoms with Gasteiger partial charge < -0.3 is 10.1 Å². The van der Waals surface area contributed by atoms with Crippen molar-refractivity contribution in [1.29, 1.82) is 5.26 Å². The van der Waals surface area contributed by atoms with E-state index in [9.17, 15) is 0 Å². The zero-order valence-electron chi connectivity index (χ0n) is 11.4. The summed E-state index contributed by atoms with van der Waals surface area (Å²) in [5, 5.41) is 12.0. The molecule has 1 unspecified atom stereocenters. The fraction of sp³-hybridized carbons (Fsp3) is 0.533. The maximum absolute atomic E-state index is 8.44. The largest absolute Gasteiger partial charge is 0.479 e. The van der Waals surface area contributed by atoms with Crippen molar-refractivity contribution >= 4 is 0 Å². The molecular formula is C15H22N2O. The van der Waals surface area contributed by atoms with Crippen LogP contribution in [0.25, 0.3) is 0 Å². The van der Waals surface area contributed by atoms with Crippen molar-refractivity contribution in [2.24, 2.45) is 0 Å². The topological polar surface area (TPSA) is 45.0 Å². The summed E-state index contributed by atoms with van der Waals surface area (Å²) in [5.41, 5.74) is 1.24. The third kappa shape index (κ3) is 4.38. The third-order valence-corrected chi connectivity index (χ3v) is 3.15. The van der Waals surface area contributed by atoms with Crippen LogP contribution in [0, 0.1) is 11.3 Å². The number of nitriles is 1. The molecule has 1 N–H and O–H groups in total. The molecule has 0 saturated carbocycles. The van der Waals surface area contributed by atoms with E-state index in [0.29, 0.717) is 12.1 Å². The molecule has 0 aromatic heterocycles. The molecule has 0 bridgehead atoms. The average molecular weight is 246 g/mol. The van der Waals surface area contributed by atoms with Gasteiger partial charge in [-0.3, -0.25) is 0 Å². The Hall–Kier alpha value is -1.53. The SMILES string of the molecule is CCC(CC)NC(C)c1ccc(OCC#N)cc1. The fourth-order valence-corrected chi connectivity index (χ4v) is 1.94. The molecular weight excluding hydrogens is 224 g/mol. The molecule has 0 spiro atoms. The van der Waals surface area contributed by atoms with E-state index >= 15 is 0 Å². The summed E-state index contributed by atoms with van der Waals surface area (Å²) >= 11 is 0. The molecule has 1 aromatic carbocycles. The number of hydrogen-bond acceptors (Lipinski definition) is 3. The van der Waals surface area contributed by atoms with Crippen LogP contribution in [0.15, 0.2) is 24.3 Å². The van der Waals surface area contributed by atoms with E-state index in [1.807, 2.05) is 30.3 Å². The van der Waals surface area contributed by atoms with Gasteiger partial charge in [-0.2, -0.15) is 5.26 Å². The van der Waals surface area contributed by atoms with Gasteiger partial charge in [0.15, 0.2) is 6.61 Å². The highest BCUT2D eigenvalue weighted by atomic mass is 16.5. The lowest BCUT2D eigenvalue weighted by Gasteiger charge is -2.21. The summed E-state index contributed by atoms with van der Waals surface area (Å²) < 4.78 is 5.23. The molecule has 1 atom stereocenters. The van der Waals surface area contributed by atoms with Gasteiger partial charge in [0, 0.05) is 12.1 Å². The normalized spacial score (nSPS) is 12.2. The summed E-state index contributed by atoms with van der Waals surface area (Å²) in [6.45, 7) is 6.67. The number of hydrogen-bond donors (Lipinski definition) is 1. The first-order valence-corrected chi connectivity index (χ1v) is 6.57. The summed E-state index contributed by atoms with van der Waals surface area (Å²) in [7, 11) is 0. The van der Waals surface area contributed by atoms with E-state index in [-0.39, 0.29) is 6.61 Å². The Kier molecular flexibility index (Phi) is 6.24. The molecule has 0 heterocycles. The van der Waals surface area contributed by atoms with Crippen molar-refractivity contribution in [3.05, 3.63) is 29.8 Å². The molecule has 3 heteroatoms. The molecule has 0 fully saturated rings. The van der Waals surface area contributed by atoms with Crippen LogP contribution in [0.2, 0.25) is 0 Å². The van der Waals surface area contributed by atoms with Gasteiger partial charge in [0.2, 0.25) is 0 Å². The number of ether oxygens (including phenoxy) is 1. The molecule has 0 aliphatic heterocycles. The minimum absolute atomic E-state index is 0.0981. The first-order valence-electron chi connectivity index (χ1n) is 6.57.